The van der Waals surface area contributed by atoms with Crippen molar-refractivity contribution in [2.75, 3.05) is 19.7 Å². The first-order valence-corrected chi connectivity index (χ1v) is 8.72. The summed E-state index contributed by atoms with van der Waals surface area (Å²) in [6.45, 7) is -0.736. The minimum atomic E-state index is -4.80. The first-order valence-electron chi connectivity index (χ1n) is 8.72. The van der Waals surface area contributed by atoms with Gasteiger partial charge in [0.1, 0.15) is 5.82 Å². The number of hydrogen-bond acceptors (Lipinski definition) is 4. The van der Waals surface area contributed by atoms with Gasteiger partial charge in [-0.05, 0) is 42.2 Å². The van der Waals surface area contributed by atoms with Crippen molar-refractivity contribution in [1.29, 1.82) is 0 Å². The summed E-state index contributed by atoms with van der Waals surface area (Å²) < 4.78 is 56.9. The lowest BCUT2D eigenvalue weighted by Gasteiger charge is -2.24. The third-order valence-electron chi connectivity index (χ3n) is 5.27. The van der Waals surface area contributed by atoms with Crippen LogP contribution in [0.1, 0.15) is 11.6 Å². The average Bonchev–Trinajstić information content (AvgIpc) is 3.04. The molecule has 1 unspecified atom stereocenters. The Morgan fingerprint density at radius 3 is 2.43 bits per heavy atom. The van der Waals surface area contributed by atoms with Crippen LogP contribution in [-0.2, 0) is 4.74 Å². The van der Waals surface area contributed by atoms with Crippen LogP contribution in [0, 0.1) is 17.7 Å². The van der Waals surface area contributed by atoms with E-state index in [1.165, 1.54) is 17.0 Å². The summed E-state index contributed by atoms with van der Waals surface area (Å²) in [5, 5.41) is 13.3. The predicted molar refractivity (Wildman–Crippen MR) is 88.2 cm³/mol. The fourth-order valence-electron chi connectivity index (χ4n) is 3.77. The predicted octanol–water partition coefficient (Wildman–Crippen LogP) is 2.72. The fourth-order valence-corrected chi connectivity index (χ4v) is 3.77. The SMILES string of the molecule is O=C(O[C@H](CO)C(F)(F)F)N1CC2[C@@H](C1)[C@H]2c1ccn(-c2ccc(F)cc2)n1. The molecule has 10 heteroatoms. The number of piperidine rings is 1. The summed E-state index contributed by atoms with van der Waals surface area (Å²) in [5.41, 5.74) is 1.54. The maximum absolute atomic E-state index is 13.0. The molecule has 2 fully saturated rings. The fraction of sp³-hybridized carbons (Fsp3) is 0.444. The number of carbonyl (C=O) groups excluding carboxylic acids is 1. The second-order valence-corrected chi connectivity index (χ2v) is 7.02. The van der Waals surface area contributed by atoms with E-state index in [1.807, 2.05) is 6.07 Å². The van der Waals surface area contributed by atoms with Gasteiger partial charge >= 0.3 is 12.3 Å². The number of aliphatic hydroxyl groups excluding tert-OH is 1. The Morgan fingerprint density at radius 1 is 1.21 bits per heavy atom. The lowest BCUT2D eigenvalue weighted by Crippen LogP contribution is -2.42. The van der Waals surface area contributed by atoms with Crippen LogP contribution in [-0.4, -0.2) is 57.9 Å². The van der Waals surface area contributed by atoms with Crippen molar-refractivity contribution >= 4 is 6.09 Å². The third-order valence-corrected chi connectivity index (χ3v) is 5.27. The number of hydrogen-bond donors (Lipinski definition) is 1. The van der Waals surface area contributed by atoms with Crippen molar-refractivity contribution in [1.82, 2.24) is 14.7 Å². The Labute approximate surface area is 157 Å². The van der Waals surface area contributed by atoms with E-state index in [2.05, 4.69) is 9.84 Å². The summed E-state index contributed by atoms with van der Waals surface area (Å²) >= 11 is 0. The Bertz CT molecular complexity index is 856. The number of aliphatic hydroxyl groups is 1. The van der Waals surface area contributed by atoms with Crippen LogP contribution in [0.4, 0.5) is 22.4 Å². The van der Waals surface area contributed by atoms with Gasteiger partial charge in [0.05, 0.1) is 18.0 Å². The zero-order valence-electron chi connectivity index (χ0n) is 14.5. The molecule has 0 radical (unpaired) electrons. The number of alkyl halides is 3. The Morgan fingerprint density at radius 2 is 1.86 bits per heavy atom. The second-order valence-electron chi connectivity index (χ2n) is 7.02. The highest BCUT2D eigenvalue weighted by Crippen LogP contribution is 2.57. The molecule has 2 aromatic rings. The number of likely N-dealkylation sites (tertiary alicyclic amines) is 1. The number of benzene rings is 1. The van der Waals surface area contributed by atoms with Crippen molar-refractivity contribution in [3.8, 4) is 5.69 Å². The maximum Gasteiger partial charge on any atom is 0.427 e. The molecule has 1 amide bonds. The number of ether oxygens (including phenoxy) is 1. The minimum absolute atomic E-state index is 0.114. The van der Waals surface area contributed by atoms with Crippen LogP contribution in [0.15, 0.2) is 36.5 Å². The van der Waals surface area contributed by atoms with Crippen molar-refractivity contribution in [3.63, 3.8) is 0 Å². The van der Waals surface area contributed by atoms with Gasteiger partial charge in [-0.3, -0.25) is 0 Å². The number of halogens is 4. The molecule has 1 saturated carbocycles. The quantitative estimate of drug-likeness (QED) is 0.803. The zero-order valence-corrected chi connectivity index (χ0v) is 14.5. The molecule has 28 heavy (non-hydrogen) atoms. The topological polar surface area (TPSA) is 67.6 Å². The molecular formula is C18H17F4N3O3. The highest BCUT2D eigenvalue weighted by molar-refractivity contribution is 5.69. The molecule has 2 heterocycles. The molecule has 1 N–H and O–H groups in total. The number of nitrogens with zero attached hydrogens (tertiary/aromatic N) is 3. The van der Waals surface area contributed by atoms with Crippen LogP contribution < -0.4 is 0 Å². The van der Waals surface area contributed by atoms with Gasteiger partial charge < -0.3 is 14.7 Å². The van der Waals surface area contributed by atoms with Crippen LogP contribution in [0.25, 0.3) is 5.69 Å². The maximum atomic E-state index is 13.0. The molecular weight excluding hydrogens is 382 g/mol. The molecule has 1 aromatic carbocycles. The van der Waals surface area contributed by atoms with Gasteiger partial charge in [0, 0.05) is 25.2 Å². The van der Waals surface area contributed by atoms with Gasteiger partial charge in [0.2, 0.25) is 6.10 Å². The van der Waals surface area contributed by atoms with E-state index >= 15 is 0 Å². The van der Waals surface area contributed by atoms with Gasteiger partial charge in [-0.15, -0.1) is 0 Å². The van der Waals surface area contributed by atoms with Crippen LogP contribution >= 0.6 is 0 Å². The van der Waals surface area contributed by atoms with Crippen LogP contribution in [0.2, 0.25) is 0 Å². The number of fused-ring (bicyclic) bond motifs is 1. The van der Waals surface area contributed by atoms with Gasteiger partial charge in [-0.25, -0.2) is 13.9 Å². The van der Waals surface area contributed by atoms with Gasteiger partial charge in [-0.1, -0.05) is 0 Å². The Hall–Kier alpha value is -2.62. The number of rotatable bonds is 4. The summed E-state index contributed by atoms with van der Waals surface area (Å²) in [6, 6.07) is 7.74. The largest absolute Gasteiger partial charge is 0.434 e. The molecule has 1 aliphatic carbocycles. The molecule has 150 valence electrons. The standard InChI is InChI=1S/C18H17F4N3O3/c19-10-1-3-11(4-2-10)25-6-5-14(23-25)16-12-7-24(8-13(12)16)17(27)28-15(9-26)18(20,21)22/h1-6,12-13,15-16,26H,7-9H2/t12-,13?,15-,16-/m1/s1. The van der Waals surface area contributed by atoms with E-state index < -0.39 is 25.0 Å². The monoisotopic (exact) mass is 399 g/mol. The lowest BCUT2D eigenvalue weighted by atomic mass is 10.2. The van der Waals surface area contributed by atoms with Gasteiger partial charge in [0.15, 0.2) is 0 Å². The molecule has 6 nitrogen and oxygen atoms in total. The molecule has 0 bridgehead atoms. The minimum Gasteiger partial charge on any atom is -0.434 e. The molecule has 0 spiro atoms. The van der Waals surface area contributed by atoms with Crippen LogP contribution in [0.5, 0.6) is 0 Å². The second kappa shape index (κ2) is 6.77. The summed E-state index contributed by atoms with van der Waals surface area (Å²) in [6.07, 6.45) is -6.63. The molecule has 1 aliphatic heterocycles. The molecule has 2 aliphatic rings. The van der Waals surface area contributed by atoms with E-state index in [1.54, 1.807) is 23.0 Å². The van der Waals surface area contributed by atoms with Gasteiger partial charge in [0.25, 0.3) is 0 Å². The molecule has 4 rings (SSSR count). The average molecular weight is 399 g/mol. The third kappa shape index (κ3) is 3.44. The van der Waals surface area contributed by atoms with E-state index in [0.29, 0.717) is 5.69 Å². The van der Waals surface area contributed by atoms with Gasteiger partial charge in [-0.2, -0.15) is 18.3 Å². The van der Waals surface area contributed by atoms with E-state index in [-0.39, 0.29) is 36.7 Å². The normalized spacial score (nSPS) is 24.8. The van der Waals surface area contributed by atoms with E-state index in [9.17, 15) is 22.4 Å². The number of aromatic nitrogens is 2. The summed E-state index contributed by atoms with van der Waals surface area (Å²) in [4.78, 5) is 13.2. The van der Waals surface area contributed by atoms with E-state index in [0.717, 1.165) is 5.69 Å². The summed E-state index contributed by atoms with van der Waals surface area (Å²) in [7, 11) is 0. The van der Waals surface area contributed by atoms with Crippen molar-refractivity contribution in [3.05, 3.63) is 48.0 Å². The van der Waals surface area contributed by atoms with Crippen molar-refractivity contribution < 1.29 is 32.2 Å². The highest BCUT2D eigenvalue weighted by atomic mass is 19.4. The highest BCUT2D eigenvalue weighted by Gasteiger charge is 2.59. The zero-order chi connectivity index (χ0) is 20.1. The first-order chi connectivity index (χ1) is 13.3. The van der Waals surface area contributed by atoms with E-state index in [4.69, 9.17) is 5.11 Å². The number of carbonyl (C=O) groups is 1. The number of amides is 1. The lowest BCUT2D eigenvalue weighted by molar-refractivity contribution is -0.214. The smallest absolute Gasteiger partial charge is 0.427 e. The Kier molecular flexibility index (Phi) is 4.53. The Balaban J connectivity index is 1.35. The van der Waals surface area contributed by atoms with Crippen molar-refractivity contribution in [2.45, 2.75) is 18.2 Å². The molecule has 4 atom stereocenters. The molecule has 1 saturated heterocycles. The summed E-state index contributed by atoms with van der Waals surface area (Å²) in [5.74, 6) is 0.0148. The van der Waals surface area contributed by atoms with Crippen molar-refractivity contribution in [2.24, 2.45) is 11.8 Å². The molecule has 1 aromatic heterocycles. The van der Waals surface area contributed by atoms with Crippen LogP contribution in [0.3, 0.4) is 0 Å². The first kappa shape index (κ1) is 18.7.